The molecule has 0 aliphatic rings. The lowest BCUT2D eigenvalue weighted by Crippen LogP contribution is -2.07. The maximum Gasteiger partial charge on any atom is 0.311 e. The third kappa shape index (κ3) is 5.29. The molecule has 0 amide bonds. The number of carbonyl (C=O) groups excluding carboxylic acids is 1. The number of nitrogens with one attached hydrogen (secondary N) is 1. The van der Waals surface area contributed by atoms with Crippen molar-refractivity contribution in [2.24, 2.45) is 5.10 Å². The van der Waals surface area contributed by atoms with Gasteiger partial charge in [0.25, 0.3) is 0 Å². The number of halogens is 2. The van der Waals surface area contributed by atoms with Crippen LogP contribution in [0.2, 0.25) is 0 Å². The van der Waals surface area contributed by atoms with Crippen molar-refractivity contribution in [3.8, 4) is 5.75 Å². The van der Waals surface area contributed by atoms with Crippen LogP contribution < -0.4 is 5.43 Å². The molecule has 2 N–H and O–H groups in total. The van der Waals surface area contributed by atoms with Gasteiger partial charge in [-0.25, -0.2) is 4.98 Å². The molecule has 0 fully saturated rings. The van der Waals surface area contributed by atoms with Crippen molar-refractivity contribution in [2.75, 3.05) is 12.0 Å². The number of esters is 1. The number of aromatic nitrogens is 1. The van der Waals surface area contributed by atoms with E-state index in [1.54, 1.807) is 24.4 Å². The first-order valence-corrected chi connectivity index (χ1v) is 9.03. The van der Waals surface area contributed by atoms with E-state index in [2.05, 4.69) is 47.4 Å². The average molecular weight is 463 g/mol. The quantitative estimate of drug-likeness (QED) is 0.386. The van der Waals surface area contributed by atoms with Crippen molar-refractivity contribution in [3.05, 3.63) is 37.7 Å². The van der Waals surface area contributed by atoms with Gasteiger partial charge in [-0.05, 0) is 35.0 Å². The molecular formula is C14H13Br2N3O3S. The average Bonchev–Trinajstić information content (AvgIpc) is 2.91. The minimum absolute atomic E-state index is 0.0980. The summed E-state index contributed by atoms with van der Waals surface area (Å²) >= 11 is 7.93. The third-order valence-corrected chi connectivity index (χ3v) is 4.46. The van der Waals surface area contributed by atoms with Crippen LogP contribution in [0.4, 0.5) is 5.13 Å². The van der Waals surface area contributed by atoms with Crippen LogP contribution in [0.15, 0.2) is 31.6 Å². The van der Waals surface area contributed by atoms with Crippen molar-refractivity contribution in [2.45, 2.75) is 13.3 Å². The van der Waals surface area contributed by atoms with Crippen LogP contribution in [-0.4, -0.2) is 28.9 Å². The molecule has 6 nitrogen and oxygen atoms in total. The SMILES string of the molecule is CCOC(=O)Cc1csc(N/N=C/c2cc(Br)cc(Br)c2O)n1. The number of hydrazone groups is 1. The highest BCUT2D eigenvalue weighted by Crippen LogP contribution is 2.30. The van der Waals surface area contributed by atoms with Gasteiger partial charge in [0.2, 0.25) is 5.13 Å². The van der Waals surface area contributed by atoms with Gasteiger partial charge >= 0.3 is 5.97 Å². The highest BCUT2D eigenvalue weighted by molar-refractivity contribution is 9.11. The Hall–Kier alpha value is -1.45. The summed E-state index contributed by atoms with van der Waals surface area (Å²) < 4.78 is 6.25. The number of phenols is 1. The Balaban J connectivity index is 1.99. The van der Waals surface area contributed by atoms with Gasteiger partial charge in [0.1, 0.15) is 5.75 Å². The molecule has 2 rings (SSSR count). The van der Waals surface area contributed by atoms with Crippen molar-refractivity contribution in [1.82, 2.24) is 4.98 Å². The Kier molecular flexibility index (Phi) is 6.55. The molecule has 0 unspecified atom stereocenters. The van der Waals surface area contributed by atoms with E-state index in [1.807, 2.05) is 0 Å². The summed E-state index contributed by atoms with van der Waals surface area (Å²) in [6, 6.07) is 3.47. The molecule has 9 heteroatoms. The van der Waals surface area contributed by atoms with Crippen molar-refractivity contribution in [3.63, 3.8) is 0 Å². The second kappa shape index (κ2) is 8.42. The number of nitrogens with zero attached hydrogens (tertiary/aromatic N) is 2. The summed E-state index contributed by atoms with van der Waals surface area (Å²) in [5.74, 6) is -0.211. The lowest BCUT2D eigenvalue weighted by molar-refractivity contribution is -0.142. The molecule has 1 aromatic heterocycles. The minimum Gasteiger partial charge on any atom is -0.506 e. The van der Waals surface area contributed by atoms with Gasteiger partial charge in [0, 0.05) is 15.4 Å². The van der Waals surface area contributed by atoms with Crippen LogP contribution in [0.5, 0.6) is 5.75 Å². The molecule has 0 aliphatic carbocycles. The summed E-state index contributed by atoms with van der Waals surface area (Å²) in [5.41, 5.74) is 3.94. The fraction of sp³-hybridized carbons (Fsp3) is 0.214. The van der Waals surface area contributed by atoms with Crippen LogP contribution in [0.25, 0.3) is 0 Å². The predicted molar refractivity (Wildman–Crippen MR) is 97.2 cm³/mol. The molecule has 0 atom stereocenters. The van der Waals surface area contributed by atoms with Gasteiger partial charge in [-0.3, -0.25) is 10.2 Å². The van der Waals surface area contributed by atoms with Crippen LogP contribution in [0, 0.1) is 0 Å². The molecule has 122 valence electrons. The number of phenolic OH excluding ortho intramolecular Hbond substituents is 1. The topological polar surface area (TPSA) is 83.8 Å². The maximum atomic E-state index is 11.4. The maximum absolute atomic E-state index is 11.4. The predicted octanol–water partition coefficient (Wildman–Crippen LogP) is 3.93. The number of hydrogen-bond acceptors (Lipinski definition) is 7. The molecule has 2 aromatic rings. The van der Waals surface area contributed by atoms with Gasteiger partial charge in [-0.15, -0.1) is 11.3 Å². The number of anilines is 1. The number of benzene rings is 1. The van der Waals surface area contributed by atoms with Gasteiger partial charge in [0.15, 0.2) is 0 Å². The van der Waals surface area contributed by atoms with E-state index in [1.165, 1.54) is 17.6 Å². The highest BCUT2D eigenvalue weighted by Gasteiger charge is 2.08. The van der Waals surface area contributed by atoms with Crippen molar-refractivity contribution >= 4 is 60.5 Å². The zero-order valence-electron chi connectivity index (χ0n) is 12.0. The van der Waals surface area contributed by atoms with E-state index in [-0.39, 0.29) is 18.1 Å². The lowest BCUT2D eigenvalue weighted by Gasteiger charge is -2.02. The molecule has 0 radical (unpaired) electrons. The van der Waals surface area contributed by atoms with Gasteiger partial charge in [0.05, 0.1) is 29.4 Å². The number of aromatic hydroxyl groups is 1. The Bertz CT molecular complexity index is 734. The third-order valence-electron chi connectivity index (χ3n) is 2.60. The number of thiazole rings is 1. The Labute approximate surface area is 153 Å². The Morgan fingerprint density at radius 1 is 1.52 bits per heavy atom. The van der Waals surface area contributed by atoms with Crippen LogP contribution >= 0.6 is 43.2 Å². The normalized spacial score (nSPS) is 10.9. The Morgan fingerprint density at radius 2 is 2.30 bits per heavy atom. The molecule has 0 saturated carbocycles. The molecule has 0 spiro atoms. The fourth-order valence-electron chi connectivity index (χ4n) is 1.64. The molecule has 0 saturated heterocycles. The first-order chi connectivity index (χ1) is 11.0. The highest BCUT2D eigenvalue weighted by atomic mass is 79.9. The molecule has 1 heterocycles. The first kappa shape index (κ1) is 17.9. The van der Waals surface area contributed by atoms with Crippen molar-refractivity contribution in [1.29, 1.82) is 0 Å². The van der Waals surface area contributed by atoms with Gasteiger partial charge in [-0.2, -0.15) is 5.10 Å². The molecule has 0 aliphatic heterocycles. The minimum atomic E-state index is -0.309. The van der Waals surface area contributed by atoms with Crippen LogP contribution in [0.1, 0.15) is 18.2 Å². The molecule has 23 heavy (non-hydrogen) atoms. The lowest BCUT2D eigenvalue weighted by atomic mass is 10.2. The summed E-state index contributed by atoms with van der Waals surface area (Å²) in [6.45, 7) is 2.11. The number of carbonyl (C=O) groups is 1. The second-order valence-electron chi connectivity index (χ2n) is 4.32. The fourth-order valence-corrected chi connectivity index (χ4v) is 3.56. The van der Waals surface area contributed by atoms with Crippen molar-refractivity contribution < 1.29 is 14.6 Å². The standard InChI is InChI=1S/C14H13Br2N3O3S/c1-2-22-12(20)5-10-7-23-14(18-10)19-17-6-8-3-9(15)4-11(16)13(8)21/h3-4,6-7,21H,2,5H2,1H3,(H,18,19)/b17-6+. The molecular weight excluding hydrogens is 450 g/mol. The number of rotatable bonds is 6. The first-order valence-electron chi connectivity index (χ1n) is 6.56. The largest absolute Gasteiger partial charge is 0.506 e. The summed E-state index contributed by atoms with van der Waals surface area (Å²) in [5, 5.41) is 16.3. The van der Waals surface area contributed by atoms with E-state index in [9.17, 15) is 9.90 Å². The zero-order chi connectivity index (χ0) is 16.8. The van der Waals surface area contributed by atoms with E-state index < -0.39 is 0 Å². The molecule has 1 aromatic carbocycles. The molecule has 0 bridgehead atoms. The van der Waals surface area contributed by atoms with Gasteiger partial charge in [-0.1, -0.05) is 15.9 Å². The number of hydrogen-bond donors (Lipinski definition) is 2. The van der Waals surface area contributed by atoms with E-state index in [4.69, 9.17) is 4.74 Å². The number of ether oxygens (including phenoxy) is 1. The van der Waals surface area contributed by atoms with Crippen LogP contribution in [0.3, 0.4) is 0 Å². The van der Waals surface area contributed by atoms with E-state index in [0.717, 1.165) is 4.47 Å². The summed E-state index contributed by atoms with van der Waals surface area (Å²) in [4.78, 5) is 15.6. The van der Waals surface area contributed by atoms with E-state index in [0.29, 0.717) is 27.5 Å². The summed E-state index contributed by atoms with van der Waals surface area (Å²) in [6.07, 6.45) is 1.62. The summed E-state index contributed by atoms with van der Waals surface area (Å²) in [7, 11) is 0. The smallest absolute Gasteiger partial charge is 0.311 e. The van der Waals surface area contributed by atoms with E-state index >= 15 is 0 Å². The second-order valence-corrected chi connectivity index (χ2v) is 6.95. The Morgan fingerprint density at radius 3 is 3.04 bits per heavy atom. The zero-order valence-corrected chi connectivity index (χ0v) is 16.0. The van der Waals surface area contributed by atoms with Gasteiger partial charge < -0.3 is 9.84 Å². The monoisotopic (exact) mass is 461 g/mol. The van der Waals surface area contributed by atoms with Crippen LogP contribution in [-0.2, 0) is 16.0 Å².